The van der Waals surface area contributed by atoms with Crippen molar-refractivity contribution in [2.75, 3.05) is 19.8 Å². The monoisotopic (exact) mass is 249 g/mol. The third-order valence-electron chi connectivity index (χ3n) is 6.75. The van der Waals surface area contributed by atoms with Crippen LogP contribution in [0.3, 0.4) is 0 Å². The highest BCUT2D eigenvalue weighted by molar-refractivity contribution is 5.09. The van der Waals surface area contributed by atoms with Crippen molar-refractivity contribution in [3.05, 3.63) is 0 Å². The summed E-state index contributed by atoms with van der Waals surface area (Å²) in [6.45, 7) is 2.97. The quantitative estimate of drug-likeness (QED) is 0.816. The van der Waals surface area contributed by atoms with E-state index in [1.165, 1.54) is 51.4 Å². The number of hydrogen-bond acceptors (Lipinski definition) is 2. The zero-order valence-corrected chi connectivity index (χ0v) is 11.5. The fourth-order valence-corrected chi connectivity index (χ4v) is 6.55. The summed E-state index contributed by atoms with van der Waals surface area (Å²) in [5, 5.41) is 0. The standard InChI is InChI=1S/C16H27NO/c17-11-15-6-12-5-13(7-15)9-16(8-12,10-15)14-1-3-18-4-2-14/h12-14H,1-11,17H2. The van der Waals surface area contributed by atoms with E-state index in [1.807, 2.05) is 0 Å². The van der Waals surface area contributed by atoms with Gasteiger partial charge < -0.3 is 10.5 Å². The van der Waals surface area contributed by atoms with Gasteiger partial charge in [-0.05, 0) is 86.5 Å². The molecule has 1 aliphatic heterocycles. The molecular formula is C16H27NO. The Morgan fingerprint density at radius 1 is 1.00 bits per heavy atom. The molecule has 5 rings (SSSR count). The largest absolute Gasteiger partial charge is 0.381 e. The first-order chi connectivity index (χ1) is 8.74. The first kappa shape index (κ1) is 11.7. The maximum Gasteiger partial charge on any atom is 0.0468 e. The Morgan fingerprint density at radius 2 is 1.67 bits per heavy atom. The molecule has 2 heteroatoms. The number of nitrogens with two attached hydrogens (primary N) is 1. The van der Waals surface area contributed by atoms with Crippen LogP contribution in [0.15, 0.2) is 0 Å². The van der Waals surface area contributed by atoms with Gasteiger partial charge in [0.15, 0.2) is 0 Å². The predicted molar refractivity (Wildman–Crippen MR) is 72.1 cm³/mol. The first-order valence-electron chi connectivity index (χ1n) is 8.02. The van der Waals surface area contributed by atoms with Gasteiger partial charge in [-0.15, -0.1) is 0 Å². The summed E-state index contributed by atoms with van der Waals surface area (Å²) in [4.78, 5) is 0. The van der Waals surface area contributed by atoms with Crippen molar-refractivity contribution in [2.45, 2.75) is 51.4 Å². The molecule has 1 saturated heterocycles. The summed E-state index contributed by atoms with van der Waals surface area (Å²) in [5.41, 5.74) is 7.41. The van der Waals surface area contributed by atoms with E-state index in [-0.39, 0.29) is 0 Å². The van der Waals surface area contributed by atoms with E-state index >= 15 is 0 Å². The minimum Gasteiger partial charge on any atom is -0.381 e. The molecule has 2 N–H and O–H groups in total. The molecule has 4 bridgehead atoms. The van der Waals surface area contributed by atoms with Crippen LogP contribution in [0.5, 0.6) is 0 Å². The second-order valence-electron chi connectivity index (χ2n) is 7.91. The van der Waals surface area contributed by atoms with Crippen molar-refractivity contribution in [3.63, 3.8) is 0 Å². The maximum atomic E-state index is 6.19. The molecule has 5 aliphatic rings. The summed E-state index contributed by atoms with van der Waals surface area (Å²) in [6, 6.07) is 0. The van der Waals surface area contributed by atoms with Crippen molar-refractivity contribution in [1.82, 2.24) is 0 Å². The van der Waals surface area contributed by atoms with Gasteiger partial charge in [-0.1, -0.05) is 0 Å². The third kappa shape index (κ3) is 1.61. The van der Waals surface area contributed by atoms with Crippen molar-refractivity contribution >= 4 is 0 Å². The molecule has 0 aromatic heterocycles. The number of rotatable bonds is 2. The fraction of sp³-hybridized carbons (Fsp3) is 1.00. The van der Waals surface area contributed by atoms with Crippen molar-refractivity contribution in [2.24, 2.45) is 34.3 Å². The van der Waals surface area contributed by atoms with Gasteiger partial charge >= 0.3 is 0 Å². The Balaban J connectivity index is 1.64. The van der Waals surface area contributed by atoms with Crippen LogP contribution in [0.2, 0.25) is 0 Å². The van der Waals surface area contributed by atoms with Crippen molar-refractivity contribution in [3.8, 4) is 0 Å². The Morgan fingerprint density at radius 3 is 2.28 bits per heavy atom. The van der Waals surface area contributed by atoms with Gasteiger partial charge in [0.1, 0.15) is 0 Å². The van der Waals surface area contributed by atoms with Gasteiger partial charge in [-0.2, -0.15) is 0 Å². The van der Waals surface area contributed by atoms with E-state index in [9.17, 15) is 0 Å². The summed E-state index contributed by atoms with van der Waals surface area (Å²) >= 11 is 0. The number of ether oxygens (including phenoxy) is 1. The highest BCUT2D eigenvalue weighted by Crippen LogP contribution is 2.68. The van der Waals surface area contributed by atoms with E-state index in [2.05, 4.69) is 0 Å². The fourth-order valence-electron chi connectivity index (χ4n) is 6.55. The molecular weight excluding hydrogens is 222 g/mol. The van der Waals surface area contributed by atoms with Gasteiger partial charge in [0.2, 0.25) is 0 Å². The van der Waals surface area contributed by atoms with Crippen LogP contribution < -0.4 is 5.73 Å². The van der Waals surface area contributed by atoms with Crippen LogP contribution in [-0.2, 0) is 4.74 Å². The van der Waals surface area contributed by atoms with Crippen LogP contribution in [0.25, 0.3) is 0 Å². The summed E-state index contributed by atoms with van der Waals surface area (Å²) in [6.07, 6.45) is 11.6. The lowest BCUT2D eigenvalue weighted by molar-refractivity contribution is -0.147. The lowest BCUT2D eigenvalue weighted by Crippen LogP contribution is -2.57. The minimum atomic E-state index is 0.544. The predicted octanol–water partition coefficient (Wildman–Crippen LogP) is 2.96. The lowest BCUT2D eigenvalue weighted by atomic mass is 9.41. The Hall–Kier alpha value is -0.0800. The lowest BCUT2D eigenvalue weighted by Gasteiger charge is -2.64. The summed E-state index contributed by atoms with van der Waals surface area (Å²) in [7, 11) is 0. The van der Waals surface area contributed by atoms with Crippen LogP contribution in [-0.4, -0.2) is 19.8 Å². The first-order valence-corrected chi connectivity index (χ1v) is 8.02. The number of hydrogen-bond donors (Lipinski definition) is 1. The van der Waals surface area contributed by atoms with Crippen molar-refractivity contribution < 1.29 is 4.74 Å². The van der Waals surface area contributed by atoms with E-state index in [0.29, 0.717) is 10.8 Å². The molecule has 0 aromatic rings. The molecule has 0 aromatic carbocycles. The maximum absolute atomic E-state index is 6.19. The Bertz CT molecular complexity index is 320. The van der Waals surface area contributed by atoms with Crippen LogP contribution in [0, 0.1) is 28.6 Å². The van der Waals surface area contributed by atoms with E-state index in [1.54, 1.807) is 0 Å². The highest BCUT2D eigenvalue weighted by Gasteiger charge is 2.59. The zero-order valence-electron chi connectivity index (χ0n) is 11.5. The molecule has 0 amide bonds. The molecule has 18 heavy (non-hydrogen) atoms. The smallest absolute Gasteiger partial charge is 0.0468 e. The SMILES string of the molecule is NCC12CC3CC(C1)CC(C1CCOCC1)(C3)C2. The Labute approximate surface area is 111 Å². The highest BCUT2D eigenvalue weighted by atomic mass is 16.5. The minimum absolute atomic E-state index is 0.544. The van der Waals surface area contributed by atoms with Crippen molar-refractivity contribution in [1.29, 1.82) is 0 Å². The second kappa shape index (κ2) is 3.96. The Kier molecular flexibility index (Phi) is 2.58. The zero-order chi connectivity index (χ0) is 12.2. The molecule has 4 aliphatic carbocycles. The van der Waals surface area contributed by atoms with Crippen LogP contribution >= 0.6 is 0 Å². The topological polar surface area (TPSA) is 35.2 Å². The third-order valence-corrected chi connectivity index (χ3v) is 6.75. The van der Waals surface area contributed by atoms with Crippen LogP contribution in [0.1, 0.15) is 51.4 Å². The van der Waals surface area contributed by atoms with Gasteiger partial charge in [0, 0.05) is 13.2 Å². The van der Waals surface area contributed by atoms with Gasteiger partial charge in [0.05, 0.1) is 0 Å². The van der Waals surface area contributed by atoms with Gasteiger partial charge in [0.25, 0.3) is 0 Å². The van der Waals surface area contributed by atoms with Gasteiger partial charge in [-0.25, -0.2) is 0 Å². The molecule has 0 radical (unpaired) electrons. The molecule has 2 nitrogen and oxygen atoms in total. The van der Waals surface area contributed by atoms with E-state index in [4.69, 9.17) is 10.5 Å². The summed E-state index contributed by atoms with van der Waals surface area (Å²) in [5.74, 6) is 2.97. The molecule has 0 spiro atoms. The average molecular weight is 249 g/mol. The molecule has 2 unspecified atom stereocenters. The molecule has 4 saturated carbocycles. The molecule has 2 atom stereocenters. The molecule has 102 valence electrons. The summed E-state index contributed by atoms with van der Waals surface area (Å²) < 4.78 is 5.59. The van der Waals surface area contributed by atoms with E-state index in [0.717, 1.165) is 37.5 Å². The van der Waals surface area contributed by atoms with Crippen LogP contribution in [0.4, 0.5) is 0 Å². The second-order valence-corrected chi connectivity index (χ2v) is 7.91. The van der Waals surface area contributed by atoms with Gasteiger partial charge in [-0.3, -0.25) is 0 Å². The van der Waals surface area contributed by atoms with E-state index < -0.39 is 0 Å². The average Bonchev–Trinajstić information content (AvgIpc) is 2.38. The molecule has 5 fully saturated rings. The normalized spacial score (nSPS) is 51.8. The molecule has 1 heterocycles.